The molecule has 0 N–H and O–H groups in total. The normalized spacial score (nSPS) is 14.4. The first-order valence-corrected chi connectivity index (χ1v) is 9.88. The van der Waals surface area contributed by atoms with Gasteiger partial charge in [0.2, 0.25) is 0 Å². The van der Waals surface area contributed by atoms with E-state index in [1.165, 1.54) is 27.8 Å². The summed E-state index contributed by atoms with van der Waals surface area (Å²) in [7, 11) is 0. The van der Waals surface area contributed by atoms with E-state index in [9.17, 15) is 0 Å². The van der Waals surface area contributed by atoms with Crippen molar-refractivity contribution in [2.24, 2.45) is 3.86 Å². The van der Waals surface area contributed by atoms with Crippen LogP contribution in [0, 0.1) is 0 Å². The summed E-state index contributed by atoms with van der Waals surface area (Å²) in [5.41, 5.74) is 7.31. The van der Waals surface area contributed by atoms with Crippen LogP contribution in [0.2, 0.25) is 0 Å². The summed E-state index contributed by atoms with van der Waals surface area (Å²) < 4.78 is 4.93. The maximum absolute atomic E-state index is 4.93. The van der Waals surface area contributed by atoms with E-state index in [1.54, 1.807) is 0 Å². The first-order valence-electron chi connectivity index (χ1n) is 7.95. The van der Waals surface area contributed by atoms with Crippen LogP contribution in [0.5, 0.6) is 0 Å². The molecule has 4 rings (SSSR count). The molecule has 3 aromatic carbocycles. The van der Waals surface area contributed by atoms with Crippen LogP contribution < -0.4 is 0 Å². The molecule has 1 heterocycles. The minimum absolute atomic E-state index is 0.177. The van der Waals surface area contributed by atoms with E-state index in [0.717, 1.165) is 5.70 Å². The molecular formula is C22H16AsN. The Morgan fingerprint density at radius 1 is 0.542 bits per heavy atom. The molecule has 3 aromatic rings. The second-order valence-corrected chi connectivity index (χ2v) is 7.03. The van der Waals surface area contributed by atoms with Crippen LogP contribution in [0.1, 0.15) is 16.7 Å². The number of rotatable bonds is 3. The average molecular weight is 369 g/mol. The summed E-state index contributed by atoms with van der Waals surface area (Å²) in [6, 6.07) is 31.7. The number of benzene rings is 3. The van der Waals surface area contributed by atoms with Crippen molar-refractivity contribution in [2.45, 2.75) is 0 Å². The van der Waals surface area contributed by atoms with Crippen molar-refractivity contribution >= 4 is 32.4 Å². The standard InChI is InChI=1S/C22H16AsN/c1-4-10-17(11-5-1)20-16-23-24-22(19-14-8-3-9-15-19)21(20)18-12-6-2-7-13-18/h1-16H. The van der Waals surface area contributed by atoms with Crippen LogP contribution in [0.25, 0.3) is 16.8 Å². The third-order valence-electron chi connectivity index (χ3n) is 4.05. The molecule has 0 fully saturated rings. The van der Waals surface area contributed by atoms with Crippen LogP contribution in [0.4, 0.5) is 0 Å². The van der Waals surface area contributed by atoms with Crippen molar-refractivity contribution in [2.75, 3.05) is 0 Å². The summed E-state index contributed by atoms with van der Waals surface area (Å²) in [6.45, 7) is 0. The van der Waals surface area contributed by atoms with E-state index in [4.69, 9.17) is 3.86 Å². The Kier molecular flexibility index (Phi) is 4.36. The summed E-state index contributed by atoms with van der Waals surface area (Å²) in [5.74, 6) is 0. The number of hydrogen-bond acceptors (Lipinski definition) is 1. The third kappa shape index (κ3) is 2.96. The van der Waals surface area contributed by atoms with E-state index < -0.39 is 0 Å². The van der Waals surface area contributed by atoms with Gasteiger partial charge in [0.1, 0.15) is 0 Å². The van der Waals surface area contributed by atoms with Gasteiger partial charge in [-0.1, -0.05) is 0 Å². The molecule has 1 nitrogen and oxygen atoms in total. The van der Waals surface area contributed by atoms with Gasteiger partial charge in [-0.2, -0.15) is 0 Å². The average Bonchev–Trinajstić information content (AvgIpc) is 2.69. The topological polar surface area (TPSA) is 12.4 Å². The Morgan fingerprint density at radius 3 is 1.62 bits per heavy atom. The molecule has 0 amide bonds. The molecule has 0 radical (unpaired) electrons. The van der Waals surface area contributed by atoms with Crippen molar-refractivity contribution in [1.29, 1.82) is 0 Å². The Bertz CT molecular complexity index is 923. The zero-order valence-corrected chi connectivity index (χ0v) is 15.0. The second kappa shape index (κ2) is 6.94. The quantitative estimate of drug-likeness (QED) is 0.541. The molecule has 0 atom stereocenters. The fourth-order valence-corrected chi connectivity index (χ4v) is 4.56. The molecule has 24 heavy (non-hydrogen) atoms. The predicted molar refractivity (Wildman–Crippen MR) is 102 cm³/mol. The number of hydrogen-bond donors (Lipinski definition) is 0. The van der Waals surface area contributed by atoms with Crippen molar-refractivity contribution in [1.82, 2.24) is 0 Å². The van der Waals surface area contributed by atoms with Crippen LogP contribution >= 0.6 is 0 Å². The molecule has 0 aromatic heterocycles. The van der Waals surface area contributed by atoms with Gasteiger partial charge in [0.05, 0.1) is 0 Å². The van der Waals surface area contributed by atoms with Crippen LogP contribution in [-0.2, 0) is 0 Å². The van der Waals surface area contributed by atoms with Gasteiger partial charge in [-0.15, -0.1) is 0 Å². The van der Waals surface area contributed by atoms with Gasteiger partial charge in [-0.25, -0.2) is 0 Å². The van der Waals surface area contributed by atoms with Crippen LogP contribution in [0.3, 0.4) is 0 Å². The Hall–Kier alpha value is -2.50. The molecule has 2 heteroatoms. The van der Waals surface area contributed by atoms with Gasteiger partial charge in [-0.3, -0.25) is 0 Å². The van der Waals surface area contributed by atoms with Gasteiger partial charge in [-0.05, 0) is 0 Å². The van der Waals surface area contributed by atoms with E-state index in [1.807, 2.05) is 0 Å². The predicted octanol–water partition coefficient (Wildman–Crippen LogP) is 5.50. The summed E-state index contributed by atoms with van der Waals surface area (Å²) in [4.78, 5) is 2.32. The van der Waals surface area contributed by atoms with E-state index >= 15 is 0 Å². The van der Waals surface area contributed by atoms with Crippen LogP contribution in [0.15, 0.2) is 99.7 Å². The third-order valence-corrected chi connectivity index (χ3v) is 5.49. The van der Waals surface area contributed by atoms with Crippen molar-refractivity contribution in [3.8, 4) is 0 Å². The fraction of sp³-hybridized carbons (Fsp3) is 0. The second-order valence-electron chi connectivity index (χ2n) is 5.58. The molecule has 1 aliphatic heterocycles. The summed E-state index contributed by atoms with van der Waals surface area (Å²) >= 11 is -0.177. The molecule has 0 saturated carbocycles. The Labute approximate surface area is 148 Å². The molecular weight excluding hydrogens is 353 g/mol. The van der Waals surface area contributed by atoms with Gasteiger partial charge >= 0.3 is 149 Å². The van der Waals surface area contributed by atoms with E-state index in [-0.39, 0.29) is 15.6 Å². The van der Waals surface area contributed by atoms with Gasteiger partial charge in [0.15, 0.2) is 0 Å². The number of nitrogens with zero attached hydrogens (tertiary/aromatic N) is 1. The SMILES string of the molecule is C1=C(c2ccccc2)C(c2ccccc2)=C(c2ccccc2)N=[As]1. The van der Waals surface area contributed by atoms with E-state index in [0.29, 0.717) is 0 Å². The summed E-state index contributed by atoms with van der Waals surface area (Å²) in [5, 5.41) is 0. The minimum atomic E-state index is -0.177. The van der Waals surface area contributed by atoms with Gasteiger partial charge < -0.3 is 0 Å². The first-order chi connectivity index (χ1) is 11.9. The molecule has 0 unspecified atom stereocenters. The molecule has 0 spiro atoms. The van der Waals surface area contributed by atoms with Gasteiger partial charge in [0.25, 0.3) is 0 Å². The zero-order chi connectivity index (χ0) is 16.2. The fourth-order valence-electron chi connectivity index (χ4n) is 2.92. The monoisotopic (exact) mass is 369 g/mol. The molecule has 0 bridgehead atoms. The van der Waals surface area contributed by atoms with E-state index in [2.05, 4.69) is 95.9 Å². The van der Waals surface area contributed by atoms with Crippen molar-refractivity contribution < 1.29 is 0 Å². The molecule has 0 aliphatic carbocycles. The first kappa shape index (κ1) is 15.1. The summed E-state index contributed by atoms with van der Waals surface area (Å²) in [6.07, 6.45) is 0. The zero-order valence-electron chi connectivity index (χ0n) is 13.1. The van der Waals surface area contributed by atoms with Crippen LogP contribution in [-0.4, -0.2) is 15.6 Å². The Morgan fingerprint density at radius 2 is 1.04 bits per heavy atom. The maximum atomic E-state index is 4.93. The molecule has 0 saturated heterocycles. The molecule has 1 aliphatic rings. The van der Waals surface area contributed by atoms with Gasteiger partial charge in [0, 0.05) is 0 Å². The van der Waals surface area contributed by atoms with Crippen molar-refractivity contribution in [3.05, 3.63) is 113 Å². The van der Waals surface area contributed by atoms with Crippen molar-refractivity contribution in [3.63, 3.8) is 0 Å². The number of allylic oxidation sites excluding steroid dienone is 2. The Balaban J connectivity index is 1.97. The molecule has 114 valence electrons.